The van der Waals surface area contributed by atoms with Gasteiger partial charge in [-0.3, -0.25) is 28.9 Å². The van der Waals surface area contributed by atoms with Crippen molar-refractivity contribution in [1.82, 2.24) is 9.80 Å². The highest BCUT2D eigenvalue weighted by atomic mass is 35.5. The van der Waals surface area contributed by atoms with Crippen LogP contribution in [0.3, 0.4) is 0 Å². The number of primary amides is 1. The Balaban J connectivity index is 1.81. The molecular formula is C26H32ClN3O7. The number of carbonyl (C=O) groups is 5. The van der Waals surface area contributed by atoms with E-state index in [1.54, 1.807) is 14.1 Å². The van der Waals surface area contributed by atoms with Crippen LogP contribution in [0.5, 0.6) is 5.75 Å². The molecule has 200 valence electrons. The summed E-state index contributed by atoms with van der Waals surface area (Å²) in [5.41, 5.74) is 3.54. The molecule has 3 aliphatic carbocycles. The Bertz CT molecular complexity index is 1220. The van der Waals surface area contributed by atoms with Crippen LogP contribution in [0, 0.1) is 23.7 Å². The van der Waals surface area contributed by atoms with Gasteiger partial charge in [0.05, 0.1) is 17.5 Å². The van der Waals surface area contributed by atoms with E-state index in [0.29, 0.717) is 22.7 Å². The molecule has 0 radical (unpaired) electrons. The maximum Gasteiger partial charge on any atom is 0.235 e. The fourth-order valence-corrected chi connectivity index (χ4v) is 6.86. The van der Waals surface area contributed by atoms with Gasteiger partial charge < -0.3 is 20.8 Å². The first kappa shape index (κ1) is 27.4. The van der Waals surface area contributed by atoms with Gasteiger partial charge in [0.1, 0.15) is 5.75 Å². The number of hydrogen-bond acceptors (Lipinski definition) is 9. The van der Waals surface area contributed by atoms with Crippen LogP contribution in [0.2, 0.25) is 5.02 Å². The molecule has 0 spiro atoms. The molecule has 10 nitrogen and oxygen atoms in total. The van der Waals surface area contributed by atoms with E-state index in [-0.39, 0.29) is 24.2 Å². The average Bonchev–Trinajstić information content (AvgIpc) is 2.79. The van der Waals surface area contributed by atoms with Gasteiger partial charge in [0.2, 0.25) is 5.91 Å². The van der Waals surface area contributed by atoms with Crippen molar-refractivity contribution in [1.29, 1.82) is 0 Å². The largest absolute Gasteiger partial charge is 0.507 e. The van der Waals surface area contributed by atoms with E-state index in [1.807, 2.05) is 18.9 Å². The standard InChI is InChI=1S/C26H32ClN3O7/c1-5-6-30(4)10-12-9-15(31)17-13(19(12)27)7-11-8-14-20(29(2)3)22(33)18(25(28)36)24(35)26(14,37)23(34)16(11)21(17)32/h9,11,14,16,18,20,31,37H,5-8,10H2,1-4H3,(H2,28,36)/t11-,14-,16?,18?,20-,26-/m0/s1. The zero-order valence-corrected chi connectivity index (χ0v) is 22.0. The highest BCUT2D eigenvalue weighted by Crippen LogP contribution is 2.51. The van der Waals surface area contributed by atoms with Crippen LogP contribution in [0.15, 0.2) is 6.07 Å². The number of Topliss-reactive ketones (excluding diaryl/α,β-unsaturated/α-hetero) is 4. The zero-order chi connectivity index (χ0) is 27.6. The minimum atomic E-state index is -2.74. The number of hydrogen-bond donors (Lipinski definition) is 3. The van der Waals surface area contributed by atoms with Crippen LogP contribution in [0.4, 0.5) is 0 Å². The van der Waals surface area contributed by atoms with Crippen molar-refractivity contribution >= 4 is 40.6 Å². The van der Waals surface area contributed by atoms with Gasteiger partial charge in [-0.25, -0.2) is 0 Å². The molecule has 4 N–H and O–H groups in total. The summed E-state index contributed by atoms with van der Waals surface area (Å²) in [4.78, 5) is 69.3. The van der Waals surface area contributed by atoms with Crippen LogP contribution in [-0.2, 0) is 32.1 Å². The van der Waals surface area contributed by atoms with Crippen LogP contribution in [0.25, 0.3) is 0 Å². The smallest absolute Gasteiger partial charge is 0.235 e. The first-order chi connectivity index (χ1) is 17.3. The fourth-order valence-electron chi connectivity index (χ4n) is 6.57. The molecule has 2 fully saturated rings. The molecular weight excluding hydrogens is 502 g/mol. The Hall–Kier alpha value is -2.66. The molecule has 37 heavy (non-hydrogen) atoms. The number of fused-ring (bicyclic) bond motifs is 3. The maximum absolute atomic E-state index is 13.8. The molecule has 6 atom stereocenters. The zero-order valence-electron chi connectivity index (χ0n) is 21.3. The summed E-state index contributed by atoms with van der Waals surface area (Å²) < 4.78 is 0. The summed E-state index contributed by atoms with van der Waals surface area (Å²) in [5, 5.41) is 22.7. The van der Waals surface area contributed by atoms with Crippen LogP contribution < -0.4 is 5.73 Å². The normalized spacial score (nSPS) is 31.4. The molecule has 4 rings (SSSR count). The van der Waals surface area contributed by atoms with E-state index in [9.17, 15) is 34.2 Å². The number of aromatic hydroxyl groups is 1. The molecule has 1 aromatic carbocycles. The third-order valence-corrected chi connectivity index (χ3v) is 8.59. The minimum absolute atomic E-state index is 0.0129. The predicted octanol–water partition coefficient (Wildman–Crippen LogP) is 0.362. The highest BCUT2D eigenvalue weighted by molar-refractivity contribution is 6.34. The van der Waals surface area contributed by atoms with Crippen molar-refractivity contribution in [3.05, 3.63) is 27.8 Å². The van der Waals surface area contributed by atoms with E-state index in [0.717, 1.165) is 13.0 Å². The van der Waals surface area contributed by atoms with Gasteiger partial charge in [0.15, 0.2) is 34.7 Å². The SMILES string of the molecule is CCCN(C)Cc1cc(O)c2c(c1Cl)C[C@H]1C[C@H]3[C@H](N(C)C)C(=O)C(C(N)=O)C(=O)[C@@]3(O)C(=O)C1C2=O. The molecule has 0 saturated heterocycles. The van der Waals surface area contributed by atoms with Crippen molar-refractivity contribution < 1.29 is 34.2 Å². The predicted molar refractivity (Wildman–Crippen MR) is 133 cm³/mol. The van der Waals surface area contributed by atoms with Crippen LogP contribution in [0.1, 0.15) is 41.3 Å². The lowest BCUT2D eigenvalue weighted by Crippen LogP contribution is -2.74. The number of rotatable bonds is 6. The number of amides is 1. The van der Waals surface area contributed by atoms with Crippen molar-refractivity contribution in [2.45, 2.75) is 44.4 Å². The molecule has 1 aromatic rings. The van der Waals surface area contributed by atoms with Gasteiger partial charge in [0.25, 0.3) is 0 Å². The van der Waals surface area contributed by atoms with Gasteiger partial charge in [-0.15, -0.1) is 0 Å². The molecule has 2 unspecified atom stereocenters. The Kier molecular flexibility index (Phi) is 7.09. The van der Waals surface area contributed by atoms with Crippen LogP contribution >= 0.6 is 11.6 Å². The second-order valence-electron chi connectivity index (χ2n) is 10.7. The van der Waals surface area contributed by atoms with Crippen LogP contribution in [-0.4, -0.2) is 88.4 Å². The van der Waals surface area contributed by atoms with E-state index in [1.165, 1.54) is 11.0 Å². The summed E-state index contributed by atoms with van der Waals surface area (Å²) in [7, 11) is 5.00. The molecule has 2 saturated carbocycles. The number of likely N-dealkylation sites (N-methyl/N-ethyl adjacent to an activating group) is 1. The number of ketones is 4. The van der Waals surface area contributed by atoms with E-state index < -0.39 is 64.4 Å². The first-order valence-electron chi connectivity index (χ1n) is 12.3. The summed E-state index contributed by atoms with van der Waals surface area (Å²) in [5.74, 6) is -10.7. The lowest BCUT2D eigenvalue weighted by atomic mass is 9.52. The number of phenols is 1. The van der Waals surface area contributed by atoms with E-state index in [2.05, 4.69) is 0 Å². The first-order valence-corrected chi connectivity index (χ1v) is 12.7. The quantitative estimate of drug-likeness (QED) is 0.439. The number of nitrogens with two attached hydrogens (primary N) is 1. The molecule has 0 aliphatic heterocycles. The maximum atomic E-state index is 13.8. The third-order valence-electron chi connectivity index (χ3n) is 8.12. The van der Waals surface area contributed by atoms with Gasteiger partial charge >= 0.3 is 0 Å². The molecule has 0 bridgehead atoms. The number of nitrogens with zero attached hydrogens (tertiary/aromatic N) is 2. The molecule has 0 aromatic heterocycles. The van der Waals surface area contributed by atoms with Gasteiger partial charge in [-0.1, -0.05) is 18.5 Å². The lowest BCUT2D eigenvalue weighted by Gasteiger charge is -2.52. The van der Waals surface area contributed by atoms with Gasteiger partial charge in [-0.2, -0.15) is 0 Å². The number of halogens is 1. The third kappa shape index (κ3) is 4.01. The number of carbonyl (C=O) groups excluding carboxylic acids is 5. The number of phenolic OH excluding ortho intramolecular Hbond substituents is 1. The Morgan fingerprint density at radius 1 is 1.19 bits per heavy atom. The Labute approximate surface area is 219 Å². The highest BCUT2D eigenvalue weighted by Gasteiger charge is 2.69. The number of aliphatic hydroxyl groups is 1. The van der Waals surface area contributed by atoms with Crippen molar-refractivity contribution in [3.63, 3.8) is 0 Å². The van der Waals surface area contributed by atoms with E-state index >= 15 is 0 Å². The minimum Gasteiger partial charge on any atom is -0.507 e. The topological polar surface area (TPSA) is 158 Å². The molecule has 3 aliphatic rings. The summed E-state index contributed by atoms with van der Waals surface area (Å²) >= 11 is 6.73. The number of benzene rings is 1. The average molecular weight is 534 g/mol. The summed E-state index contributed by atoms with van der Waals surface area (Å²) in [6.45, 7) is 3.28. The van der Waals surface area contributed by atoms with Crippen molar-refractivity contribution in [2.24, 2.45) is 29.4 Å². The molecule has 0 heterocycles. The second-order valence-corrected chi connectivity index (χ2v) is 11.1. The lowest BCUT2D eigenvalue weighted by molar-refractivity contribution is -0.181. The Morgan fingerprint density at radius 2 is 1.84 bits per heavy atom. The second kappa shape index (κ2) is 9.58. The monoisotopic (exact) mass is 533 g/mol. The Morgan fingerprint density at radius 3 is 2.41 bits per heavy atom. The van der Waals surface area contributed by atoms with Gasteiger partial charge in [0, 0.05) is 17.5 Å². The van der Waals surface area contributed by atoms with Gasteiger partial charge in [-0.05, 0) is 70.1 Å². The summed E-state index contributed by atoms with van der Waals surface area (Å²) in [6.07, 6.45) is 1.05. The molecule has 11 heteroatoms. The fraction of sp³-hybridized carbons (Fsp3) is 0.577. The van der Waals surface area contributed by atoms with E-state index in [4.69, 9.17) is 17.3 Å². The van der Waals surface area contributed by atoms with Crippen molar-refractivity contribution in [2.75, 3.05) is 27.7 Å². The molecule has 1 amide bonds. The summed E-state index contributed by atoms with van der Waals surface area (Å²) in [6, 6.07) is 0.269. The van der Waals surface area contributed by atoms with Crippen molar-refractivity contribution in [3.8, 4) is 5.75 Å².